The van der Waals surface area contributed by atoms with Crippen molar-refractivity contribution in [2.75, 3.05) is 29.8 Å². The number of hydrogen-bond acceptors (Lipinski definition) is 7. The summed E-state index contributed by atoms with van der Waals surface area (Å²) in [6.45, 7) is 7.11. The Morgan fingerprint density at radius 2 is 1.84 bits per heavy atom. The standard InChI is InChI=1S/C20H28N2O7S2/c1-5-29-18(23)15-8-10-21(11-9-15)31(27,28)17-7-6-16(12-14(17)2)22-19(24)20(3,4)13-30(22,25)26/h6-7,12,15H,5,8-11,13H2,1-4H3. The lowest BCUT2D eigenvalue weighted by Gasteiger charge is -2.30. The van der Waals surface area contributed by atoms with Crippen LogP contribution >= 0.6 is 0 Å². The molecule has 172 valence electrons. The van der Waals surface area contributed by atoms with Crippen molar-refractivity contribution in [3.8, 4) is 0 Å². The lowest BCUT2D eigenvalue weighted by atomic mass is 9.95. The number of aryl methyl sites for hydroxylation is 1. The number of benzene rings is 1. The highest BCUT2D eigenvalue weighted by atomic mass is 32.2. The van der Waals surface area contributed by atoms with Crippen LogP contribution in [-0.2, 0) is 34.4 Å². The van der Waals surface area contributed by atoms with Crippen molar-refractivity contribution in [1.29, 1.82) is 0 Å². The van der Waals surface area contributed by atoms with Gasteiger partial charge in [-0.1, -0.05) is 0 Å². The van der Waals surface area contributed by atoms with Crippen molar-refractivity contribution in [3.05, 3.63) is 23.8 Å². The number of nitrogens with zero attached hydrogens (tertiary/aromatic N) is 2. The van der Waals surface area contributed by atoms with Crippen LogP contribution in [0.3, 0.4) is 0 Å². The lowest BCUT2D eigenvalue weighted by Crippen LogP contribution is -2.40. The number of sulfonamides is 2. The van der Waals surface area contributed by atoms with Crippen LogP contribution < -0.4 is 4.31 Å². The number of esters is 1. The zero-order valence-corrected chi connectivity index (χ0v) is 19.8. The Kier molecular flexibility index (Phi) is 6.25. The van der Waals surface area contributed by atoms with E-state index in [1.165, 1.54) is 22.5 Å². The highest BCUT2D eigenvalue weighted by molar-refractivity contribution is 7.94. The third-order valence-corrected chi connectivity index (χ3v) is 9.75. The molecule has 0 atom stereocenters. The first-order chi connectivity index (χ1) is 14.3. The van der Waals surface area contributed by atoms with Crippen LogP contribution in [0, 0.1) is 18.3 Å². The zero-order chi connectivity index (χ0) is 23.2. The van der Waals surface area contributed by atoms with Crippen molar-refractivity contribution in [3.63, 3.8) is 0 Å². The molecule has 2 heterocycles. The summed E-state index contributed by atoms with van der Waals surface area (Å²) in [5.41, 5.74) is -0.563. The first kappa shape index (κ1) is 23.7. The Morgan fingerprint density at radius 1 is 1.23 bits per heavy atom. The molecule has 31 heavy (non-hydrogen) atoms. The summed E-state index contributed by atoms with van der Waals surface area (Å²) in [5, 5.41) is 0. The second-order valence-corrected chi connectivity index (χ2v) is 12.3. The van der Waals surface area contributed by atoms with Crippen LogP contribution in [0.2, 0.25) is 0 Å². The molecule has 0 saturated carbocycles. The molecule has 2 aliphatic heterocycles. The van der Waals surface area contributed by atoms with Crippen molar-refractivity contribution < 1.29 is 31.2 Å². The second-order valence-electron chi connectivity index (χ2n) is 8.59. The molecule has 3 rings (SSSR count). The number of piperidine rings is 1. The Hall–Kier alpha value is -1.98. The van der Waals surface area contributed by atoms with Gasteiger partial charge in [0, 0.05) is 13.1 Å². The zero-order valence-electron chi connectivity index (χ0n) is 18.1. The number of amides is 1. The van der Waals surface area contributed by atoms with Gasteiger partial charge in [0.2, 0.25) is 26.0 Å². The molecule has 0 aliphatic carbocycles. The normalized spacial score (nSPS) is 21.9. The van der Waals surface area contributed by atoms with Gasteiger partial charge < -0.3 is 4.74 Å². The minimum Gasteiger partial charge on any atom is -0.466 e. The number of hydrogen-bond donors (Lipinski definition) is 0. The van der Waals surface area contributed by atoms with Gasteiger partial charge in [-0.05, 0) is 64.3 Å². The Morgan fingerprint density at radius 3 is 2.32 bits per heavy atom. The molecule has 0 aromatic heterocycles. The van der Waals surface area contributed by atoms with Crippen molar-refractivity contribution in [2.45, 2.75) is 45.4 Å². The maximum absolute atomic E-state index is 13.1. The van der Waals surface area contributed by atoms with E-state index >= 15 is 0 Å². The van der Waals surface area contributed by atoms with E-state index in [2.05, 4.69) is 0 Å². The SMILES string of the molecule is CCOC(=O)C1CCN(S(=O)(=O)c2ccc(N3C(=O)C(C)(C)CS3(=O)=O)cc2C)CC1. The van der Waals surface area contributed by atoms with Crippen LogP contribution in [0.4, 0.5) is 5.69 Å². The van der Waals surface area contributed by atoms with Crippen molar-refractivity contribution >= 4 is 37.6 Å². The van der Waals surface area contributed by atoms with Gasteiger partial charge in [0.05, 0.1) is 34.3 Å². The predicted molar refractivity (Wildman–Crippen MR) is 114 cm³/mol. The van der Waals surface area contributed by atoms with Crippen LogP contribution in [-0.4, -0.2) is 58.5 Å². The fourth-order valence-electron chi connectivity index (χ4n) is 4.04. The van der Waals surface area contributed by atoms with Crippen LogP contribution in [0.25, 0.3) is 0 Å². The van der Waals surface area contributed by atoms with E-state index in [0.29, 0.717) is 18.4 Å². The van der Waals surface area contributed by atoms with Gasteiger partial charge in [0.15, 0.2) is 0 Å². The number of anilines is 1. The minimum atomic E-state index is -3.83. The molecular formula is C20H28N2O7S2. The van der Waals surface area contributed by atoms with Gasteiger partial charge in [0.1, 0.15) is 0 Å². The molecule has 0 radical (unpaired) electrons. The van der Waals surface area contributed by atoms with Crippen molar-refractivity contribution in [1.82, 2.24) is 4.31 Å². The number of rotatable bonds is 5. The van der Waals surface area contributed by atoms with E-state index in [0.717, 1.165) is 4.31 Å². The van der Waals surface area contributed by atoms with Crippen molar-refractivity contribution in [2.24, 2.45) is 11.3 Å². The number of carbonyl (C=O) groups is 2. The maximum atomic E-state index is 13.1. The van der Waals surface area contributed by atoms with Crippen LogP contribution in [0.15, 0.2) is 23.1 Å². The van der Waals surface area contributed by atoms with E-state index < -0.39 is 31.4 Å². The maximum Gasteiger partial charge on any atom is 0.309 e. The van der Waals surface area contributed by atoms with Gasteiger partial charge in [-0.2, -0.15) is 4.31 Å². The Labute approximate surface area is 183 Å². The summed E-state index contributed by atoms with van der Waals surface area (Å²) in [5.74, 6) is -1.46. The highest BCUT2D eigenvalue weighted by Crippen LogP contribution is 2.37. The molecule has 1 amide bonds. The molecule has 11 heteroatoms. The van der Waals surface area contributed by atoms with Gasteiger partial charge >= 0.3 is 5.97 Å². The third kappa shape index (κ3) is 4.35. The van der Waals surface area contributed by atoms with Crippen LogP contribution in [0.5, 0.6) is 0 Å². The topological polar surface area (TPSA) is 118 Å². The summed E-state index contributed by atoms with van der Waals surface area (Å²) in [4.78, 5) is 24.5. The quantitative estimate of drug-likeness (QED) is 0.598. The summed E-state index contributed by atoms with van der Waals surface area (Å²) >= 11 is 0. The second kappa shape index (κ2) is 8.18. The molecule has 0 unspecified atom stereocenters. The summed E-state index contributed by atoms with van der Waals surface area (Å²) in [7, 11) is -7.65. The average Bonchev–Trinajstić information content (AvgIpc) is 2.84. The molecule has 2 aliphatic rings. The van der Waals surface area contributed by atoms with E-state index in [1.807, 2.05) is 0 Å². The van der Waals surface area contributed by atoms with Gasteiger partial charge in [0.25, 0.3) is 0 Å². The first-order valence-corrected chi connectivity index (χ1v) is 13.2. The first-order valence-electron chi connectivity index (χ1n) is 10.2. The molecule has 0 spiro atoms. The van der Waals surface area contributed by atoms with Gasteiger partial charge in [-0.3, -0.25) is 9.59 Å². The summed E-state index contributed by atoms with van der Waals surface area (Å²) < 4.78 is 58.4. The van der Waals surface area contributed by atoms with Gasteiger partial charge in [-0.15, -0.1) is 0 Å². The lowest BCUT2D eigenvalue weighted by molar-refractivity contribution is -0.149. The summed E-state index contributed by atoms with van der Waals surface area (Å²) in [6, 6.07) is 4.10. The highest BCUT2D eigenvalue weighted by Gasteiger charge is 2.50. The molecule has 9 nitrogen and oxygen atoms in total. The fourth-order valence-corrected chi connectivity index (χ4v) is 7.82. The van der Waals surface area contributed by atoms with E-state index in [9.17, 15) is 26.4 Å². The molecule has 2 fully saturated rings. The number of ether oxygens (including phenoxy) is 1. The Balaban J connectivity index is 1.83. The molecule has 0 bridgehead atoms. The molecule has 2 saturated heterocycles. The molecular weight excluding hydrogens is 444 g/mol. The smallest absolute Gasteiger partial charge is 0.309 e. The largest absolute Gasteiger partial charge is 0.466 e. The van der Waals surface area contributed by atoms with Gasteiger partial charge in [-0.25, -0.2) is 21.1 Å². The monoisotopic (exact) mass is 472 g/mol. The minimum absolute atomic E-state index is 0.0501. The molecule has 1 aromatic rings. The Bertz CT molecular complexity index is 1100. The van der Waals surface area contributed by atoms with E-state index in [1.54, 1.807) is 27.7 Å². The molecule has 0 N–H and O–H groups in total. The third-order valence-electron chi connectivity index (χ3n) is 5.67. The van der Waals surface area contributed by atoms with Crippen LogP contribution in [0.1, 0.15) is 39.2 Å². The fraction of sp³-hybridized carbons (Fsp3) is 0.600. The summed E-state index contributed by atoms with van der Waals surface area (Å²) in [6.07, 6.45) is 0.760. The van der Waals surface area contributed by atoms with E-state index in [-0.39, 0.29) is 47.9 Å². The average molecular weight is 473 g/mol. The van der Waals surface area contributed by atoms with E-state index in [4.69, 9.17) is 4.74 Å². The predicted octanol–water partition coefficient (Wildman–Crippen LogP) is 1.66. The molecule has 1 aromatic carbocycles. The number of carbonyl (C=O) groups excluding carboxylic acids is 2.